The number of hydrogen-bond acceptors (Lipinski definition) is 3. The van der Waals surface area contributed by atoms with Gasteiger partial charge in [-0.3, -0.25) is 0 Å². The lowest BCUT2D eigenvalue weighted by atomic mass is 10.2. The molecule has 3 nitrogen and oxygen atoms in total. The second kappa shape index (κ2) is 8.11. The van der Waals surface area contributed by atoms with Crippen molar-refractivity contribution in [2.75, 3.05) is 18.1 Å². The molecule has 4 heteroatoms. The summed E-state index contributed by atoms with van der Waals surface area (Å²) in [5.41, 5.74) is 0. The van der Waals surface area contributed by atoms with Crippen molar-refractivity contribution in [3.8, 4) is 0 Å². The van der Waals surface area contributed by atoms with Crippen LogP contribution in [0.25, 0.3) is 0 Å². The molecule has 0 aromatic carbocycles. The Kier molecular flexibility index (Phi) is 8.06. The van der Waals surface area contributed by atoms with Gasteiger partial charge < -0.3 is 5.32 Å². The van der Waals surface area contributed by atoms with Crippen molar-refractivity contribution in [1.29, 1.82) is 0 Å². The Morgan fingerprint density at radius 2 is 1.80 bits per heavy atom. The highest BCUT2D eigenvalue weighted by atomic mass is 32.2. The van der Waals surface area contributed by atoms with E-state index in [2.05, 4.69) is 19.2 Å². The number of nitrogens with one attached hydrogen (secondary N) is 1. The molecular weight excluding hydrogens is 210 g/mol. The fourth-order valence-electron chi connectivity index (χ4n) is 1.52. The predicted molar refractivity (Wildman–Crippen MR) is 65.9 cm³/mol. The highest BCUT2D eigenvalue weighted by Gasteiger charge is 2.09. The molecule has 0 aromatic rings. The van der Waals surface area contributed by atoms with Crippen LogP contribution in [0.5, 0.6) is 0 Å². The van der Waals surface area contributed by atoms with Gasteiger partial charge in [-0.25, -0.2) is 8.42 Å². The van der Waals surface area contributed by atoms with E-state index in [1.54, 1.807) is 0 Å². The maximum absolute atomic E-state index is 11.4. The van der Waals surface area contributed by atoms with Gasteiger partial charge in [-0.05, 0) is 39.2 Å². The summed E-state index contributed by atoms with van der Waals surface area (Å²) in [7, 11) is -2.78. The molecule has 0 aromatic heterocycles. The van der Waals surface area contributed by atoms with Crippen LogP contribution in [0.4, 0.5) is 0 Å². The third-order valence-electron chi connectivity index (χ3n) is 2.35. The van der Waals surface area contributed by atoms with Crippen LogP contribution < -0.4 is 5.32 Å². The van der Waals surface area contributed by atoms with Gasteiger partial charge in [-0.1, -0.05) is 13.8 Å². The van der Waals surface area contributed by atoms with Crippen molar-refractivity contribution < 1.29 is 8.42 Å². The van der Waals surface area contributed by atoms with E-state index >= 15 is 0 Å². The third-order valence-corrected chi connectivity index (χ3v) is 4.29. The lowest BCUT2D eigenvalue weighted by molar-refractivity contribution is 0.506. The molecule has 1 unspecified atom stereocenters. The maximum Gasteiger partial charge on any atom is 0.150 e. The molecule has 0 amide bonds. The second-order valence-electron chi connectivity index (χ2n) is 4.15. The summed E-state index contributed by atoms with van der Waals surface area (Å²) >= 11 is 0. The largest absolute Gasteiger partial charge is 0.314 e. The Morgan fingerprint density at radius 1 is 1.13 bits per heavy atom. The smallest absolute Gasteiger partial charge is 0.150 e. The van der Waals surface area contributed by atoms with Crippen LogP contribution in [-0.2, 0) is 9.84 Å². The minimum absolute atomic E-state index is 0.337. The second-order valence-corrected chi connectivity index (χ2v) is 6.45. The predicted octanol–water partition coefficient (Wildman–Crippen LogP) is 1.98. The van der Waals surface area contributed by atoms with Gasteiger partial charge in [0.2, 0.25) is 0 Å². The van der Waals surface area contributed by atoms with Crippen LogP contribution >= 0.6 is 0 Å². The zero-order valence-corrected chi connectivity index (χ0v) is 11.1. The fraction of sp³-hybridized carbons (Fsp3) is 1.00. The van der Waals surface area contributed by atoms with Crippen LogP contribution in [0.1, 0.15) is 46.5 Å². The standard InChI is InChI=1S/C11H25NO2S/c1-4-8-12-11(3)7-6-10-15(13,14)9-5-2/h11-12H,4-10H2,1-3H3. The topological polar surface area (TPSA) is 46.2 Å². The SMILES string of the molecule is CCCNC(C)CCCS(=O)(=O)CCC. The van der Waals surface area contributed by atoms with E-state index in [9.17, 15) is 8.42 Å². The summed E-state index contributed by atoms with van der Waals surface area (Å²) in [4.78, 5) is 0. The summed E-state index contributed by atoms with van der Waals surface area (Å²) in [6.07, 6.45) is 3.58. The molecule has 0 radical (unpaired) electrons. The third kappa shape index (κ3) is 8.88. The molecule has 0 saturated carbocycles. The molecule has 0 fully saturated rings. The zero-order valence-electron chi connectivity index (χ0n) is 10.3. The van der Waals surface area contributed by atoms with Gasteiger partial charge in [0.05, 0.1) is 5.75 Å². The minimum Gasteiger partial charge on any atom is -0.314 e. The fourth-order valence-corrected chi connectivity index (χ4v) is 2.95. The average Bonchev–Trinajstić information content (AvgIpc) is 2.14. The van der Waals surface area contributed by atoms with Gasteiger partial charge in [0.1, 0.15) is 9.84 Å². The van der Waals surface area contributed by atoms with Crippen molar-refractivity contribution in [1.82, 2.24) is 5.32 Å². The number of rotatable bonds is 9. The van der Waals surface area contributed by atoms with Crippen molar-refractivity contribution in [2.45, 2.75) is 52.5 Å². The quantitative estimate of drug-likeness (QED) is 0.664. The van der Waals surface area contributed by atoms with E-state index in [4.69, 9.17) is 0 Å². The van der Waals surface area contributed by atoms with Crippen molar-refractivity contribution >= 4 is 9.84 Å². The van der Waals surface area contributed by atoms with E-state index in [1.807, 2.05) is 6.92 Å². The Morgan fingerprint density at radius 3 is 2.33 bits per heavy atom. The molecule has 0 aliphatic rings. The van der Waals surface area contributed by atoms with E-state index in [-0.39, 0.29) is 0 Å². The van der Waals surface area contributed by atoms with Crippen molar-refractivity contribution in [3.63, 3.8) is 0 Å². The first kappa shape index (κ1) is 14.9. The first-order valence-corrected chi connectivity index (χ1v) is 7.77. The Balaban J connectivity index is 3.60. The highest BCUT2D eigenvalue weighted by Crippen LogP contribution is 2.02. The molecule has 0 heterocycles. The summed E-state index contributed by atoms with van der Waals surface area (Å²) in [6.45, 7) is 7.17. The molecule has 15 heavy (non-hydrogen) atoms. The summed E-state index contributed by atoms with van der Waals surface area (Å²) in [5, 5.41) is 3.36. The average molecular weight is 235 g/mol. The summed E-state index contributed by atoms with van der Waals surface area (Å²) < 4.78 is 22.8. The Labute approximate surface area is 94.6 Å². The Bertz CT molecular complexity index is 237. The number of sulfone groups is 1. The first-order chi connectivity index (χ1) is 7.02. The van der Waals surface area contributed by atoms with E-state index in [1.165, 1.54) is 0 Å². The molecule has 0 aliphatic heterocycles. The first-order valence-electron chi connectivity index (χ1n) is 5.95. The summed E-state index contributed by atoms with van der Waals surface area (Å²) in [6, 6.07) is 0.432. The van der Waals surface area contributed by atoms with Crippen LogP contribution in [0.15, 0.2) is 0 Å². The Hall–Kier alpha value is -0.0900. The normalized spacial score (nSPS) is 14.1. The molecular formula is C11H25NO2S. The van der Waals surface area contributed by atoms with Crippen LogP contribution in [0.3, 0.4) is 0 Å². The van der Waals surface area contributed by atoms with E-state index < -0.39 is 9.84 Å². The zero-order chi connectivity index (χ0) is 11.7. The molecule has 1 N–H and O–H groups in total. The van der Waals surface area contributed by atoms with Crippen LogP contribution in [0.2, 0.25) is 0 Å². The lowest BCUT2D eigenvalue weighted by Gasteiger charge is -2.12. The number of hydrogen-bond donors (Lipinski definition) is 1. The van der Waals surface area contributed by atoms with E-state index in [0.717, 1.165) is 32.2 Å². The van der Waals surface area contributed by atoms with Gasteiger partial charge in [-0.15, -0.1) is 0 Å². The summed E-state index contributed by atoms with van der Waals surface area (Å²) in [5.74, 6) is 0.683. The van der Waals surface area contributed by atoms with Crippen LogP contribution in [0, 0.1) is 0 Å². The monoisotopic (exact) mass is 235 g/mol. The highest BCUT2D eigenvalue weighted by molar-refractivity contribution is 7.91. The molecule has 1 atom stereocenters. The van der Waals surface area contributed by atoms with Crippen molar-refractivity contribution in [3.05, 3.63) is 0 Å². The van der Waals surface area contributed by atoms with Gasteiger partial charge in [0, 0.05) is 11.8 Å². The van der Waals surface area contributed by atoms with E-state index in [0.29, 0.717) is 17.5 Å². The molecule has 0 rings (SSSR count). The maximum atomic E-state index is 11.4. The molecule has 92 valence electrons. The molecule has 0 spiro atoms. The van der Waals surface area contributed by atoms with Gasteiger partial charge in [0.15, 0.2) is 0 Å². The molecule has 0 bridgehead atoms. The minimum atomic E-state index is -2.78. The van der Waals surface area contributed by atoms with Gasteiger partial charge >= 0.3 is 0 Å². The van der Waals surface area contributed by atoms with Gasteiger partial charge in [-0.2, -0.15) is 0 Å². The molecule has 0 saturated heterocycles. The lowest BCUT2D eigenvalue weighted by Crippen LogP contribution is -2.27. The van der Waals surface area contributed by atoms with Gasteiger partial charge in [0.25, 0.3) is 0 Å². The van der Waals surface area contributed by atoms with Crippen molar-refractivity contribution in [2.24, 2.45) is 0 Å². The molecule has 0 aliphatic carbocycles. The van der Waals surface area contributed by atoms with Crippen LogP contribution in [-0.4, -0.2) is 32.5 Å².